The topological polar surface area (TPSA) is 69.7 Å². The fraction of sp³-hybridized carbons (Fsp3) is 0.562. The SMILES string of the molecule is CC(C(=O)N(C)C)S(=O)(=O)NC1CCCN(c2ccccc2)C1. The van der Waals surface area contributed by atoms with Crippen molar-refractivity contribution in [2.24, 2.45) is 0 Å². The molecule has 1 aromatic carbocycles. The zero-order valence-corrected chi connectivity index (χ0v) is 14.7. The van der Waals surface area contributed by atoms with E-state index in [1.165, 1.54) is 11.8 Å². The predicted octanol–water partition coefficient (Wildman–Crippen LogP) is 1.05. The number of amides is 1. The molecule has 0 saturated carbocycles. The summed E-state index contributed by atoms with van der Waals surface area (Å²) in [6.45, 7) is 2.96. The largest absolute Gasteiger partial charge is 0.370 e. The van der Waals surface area contributed by atoms with Crippen LogP contribution in [0.3, 0.4) is 0 Å². The van der Waals surface area contributed by atoms with Crippen LogP contribution in [0.5, 0.6) is 0 Å². The van der Waals surface area contributed by atoms with Gasteiger partial charge in [0, 0.05) is 38.9 Å². The molecule has 1 amide bonds. The van der Waals surface area contributed by atoms with Crippen LogP contribution in [0.4, 0.5) is 5.69 Å². The van der Waals surface area contributed by atoms with Gasteiger partial charge in [0.25, 0.3) is 0 Å². The third kappa shape index (κ3) is 4.45. The van der Waals surface area contributed by atoms with Crippen LogP contribution in [0.25, 0.3) is 0 Å². The summed E-state index contributed by atoms with van der Waals surface area (Å²) in [4.78, 5) is 15.4. The van der Waals surface area contributed by atoms with Crippen molar-refractivity contribution in [2.45, 2.75) is 31.1 Å². The first-order chi connectivity index (χ1) is 10.8. The first-order valence-corrected chi connectivity index (χ1v) is 9.38. The van der Waals surface area contributed by atoms with E-state index in [1.807, 2.05) is 30.3 Å². The Bertz CT molecular complexity index is 631. The molecule has 1 fully saturated rings. The van der Waals surface area contributed by atoms with Crippen LogP contribution in [-0.2, 0) is 14.8 Å². The minimum Gasteiger partial charge on any atom is -0.370 e. The van der Waals surface area contributed by atoms with Gasteiger partial charge in [-0.3, -0.25) is 4.79 Å². The Morgan fingerprint density at radius 3 is 2.57 bits per heavy atom. The summed E-state index contributed by atoms with van der Waals surface area (Å²) < 4.78 is 27.5. The molecule has 2 unspecified atom stereocenters. The van der Waals surface area contributed by atoms with E-state index < -0.39 is 21.2 Å². The van der Waals surface area contributed by atoms with Gasteiger partial charge in [-0.15, -0.1) is 0 Å². The molecular formula is C16H25N3O3S. The quantitative estimate of drug-likeness (QED) is 0.871. The lowest BCUT2D eigenvalue weighted by atomic mass is 10.1. The van der Waals surface area contributed by atoms with Crippen molar-refractivity contribution in [3.05, 3.63) is 30.3 Å². The maximum atomic E-state index is 12.4. The second kappa shape index (κ2) is 7.31. The number of benzene rings is 1. The van der Waals surface area contributed by atoms with Crippen LogP contribution in [0.15, 0.2) is 30.3 Å². The van der Waals surface area contributed by atoms with Crippen LogP contribution in [0, 0.1) is 0 Å². The highest BCUT2D eigenvalue weighted by molar-refractivity contribution is 7.90. The smallest absolute Gasteiger partial charge is 0.241 e. The van der Waals surface area contributed by atoms with Crippen molar-refractivity contribution in [1.29, 1.82) is 0 Å². The van der Waals surface area contributed by atoms with Crippen molar-refractivity contribution in [3.8, 4) is 0 Å². The third-order valence-electron chi connectivity index (χ3n) is 4.13. The monoisotopic (exact) mass is 339 g/mol. The fourth-order valence-electron chi connectivity index (χ4n) is 2.78. The van der Waals surface area contributed by atoms with Gasteiger partial charge in [-0.2, -0.15) is 0 Å². The number of piperidine rings is 1. The second-order valence-electron chi connectivity index (χ2n) is 6.16. The molecule has 1 heterocycles. The summed E-state index contributed by atoms with van der Waals surface area (Å²) in [6, 6.07) is 9.78. The van der Waals surface area contributed by atoms with E-state index in [0.717, 1.165) is 25.1 Å². The molecule has 0 radical (unpaired) electrons. The number of carbonyl (C=O) groups excluding carboxylic acids is 1. The number of rotatable bonds is 5. The van der Waals surface area contributed by atoms with Crippen LogP contribution in [0.2, 0.25) is 0 Å². The number of anilines is 1. The summed E-state index contributed by atoms with van der Waals surface area (Å²) in [5.74, 6) is -0.409. The molecule has 23 heavy (non-hydrogen) atoms. The molecule has 7 heteroatoms. The van der Waals surface area contributed by atoms with E-state index >= 15 is 0 Å². The minimum absolute atomic E-state index is 0.175. The molecule has 128 valence electrons. The Hall–Kier alpha value is -1.60. The fourth-order valence-corrected chi connectivity index (χ4v) is 4.11. The molecular weight excluding hydrogens is 314 g/mol. The molecule has 1 aromatic rings. The van der Waals surface area contributed by atoms with Gasteiger partial charge in [0.05, 0.1) is 0 Å². The Morgan fingerprint density at radius 2 is 1.96 bits per heavy atom. The standard InChI is InChI=1S/C16H25N3O3S/c1-13(16(20)18(2)3)23(21,22)17-14-8-7-11-19(12-14)15-9-5-4-6-10-15/h4-6,9-10,13-14,17H,7-8,11-12H2,1-3H3. The highest BCUT2D eigenvalue weighted by Crippen LogP contribution is 2.20. The summed E-state index contributed by atoms with van der Waals surface area (Å²) in [6.07, 6.45) is 1.70. The second-order valence-corrected chi connectivity index (χ2v) is 8.19. The number of nitrogens with one attached hydrogen (secondary N) is 1. The van der Waals surface area contributed by atoms with Crippen molar-refractivity contribution < 1.29 is 13.2 Å². The van der Waals surface area contributed by atoms with Gasteiger partial charge in [-0.25, -0.2) is 13.1 Å². The summed E-state index contributed by atoms with van der Waals surface area (Å²) in [5.41, 5.74) is 1.09. The predicted molar refractivity (Wildman–Crippen MR) is 91.9 cm³/mol. The maximum Gasteiger partial charge on any atom is 0.241 e. The normalized spacial score (nSPS) is 20.1. The minimum atomic E-state index is -3.68. The van der Waals surface area contributed by atoms with E-state index in [1.54, 1.807) is 14.1 Å². The molecule has 0 spiro atoms. The maximum absolute atomic E-state index is 12.4. The first kappa shape index (κ1) is 17.7. The van der Waals surface area contributed by atoms with Gasteiger partial charge < -0.3 is 9.80 Å². The average molecular weight is 339 g/mol. The van der Waals surface area contributed by atoms with Gasteiger partial charge in [-0.05, 0) is 31.9 Å². The molecule has 1 N–H and O–H groups in total. The van der Waals surface area contributed by atoms with E-state index in [0.29, 0.717) is 6.54 Å². The molecule has 1 aliphatic rings. The summed E-state index contributed by atoms with van der Waals surface area (Å²) >= 11 is 0. The Balaban J connectivity index is 2.03. The number of hydrogen-bond acceptors (Lipinski definition) is 4. The van der Waals surface area contributed by atoms with Gasteiger partial charge in [0.15, 0.2) is 5.25 Å². The number of nitrogens with zero attached hydrogens (tertiary/aromatic N) is 2. The molecule has 1 saturated heterocycles. The summed E-state index contributed by atoms with van der Waals surface area (Å²) in [5, 5.41) is -1.08. The third-order valence-corrected chi connectivity index (χ3v) is 5.92. The van der Waals surface area contributed by atoms with E-state index in [9.17, 15) is 13.2 Å². The van der Waals surface area contributed by atoms with Crippen molar-refractivity contribution >= 4 is 21.6 Å². The molecule has 6 nitrogen and oxygen atoms in total. The lowest BCUT2D eigenvalue weighted by Gasteiger charge is -2.35. The van der Waals surface area contributed by atoms with Crippen molar-refractivity contribution in [3.63, 3.8) is 0 Å². The lowest BCUT2D eigenvalue weighted by Crippen LogP contribution is -2.52. The van der Waals surface area contributed by atoms with Crippen LogP contribution in [0.1, 0.15) is 19.8 Å². The van der Waals surface area contributed by atoms with Gasteiger partial charge in [0.2, 0.25) is 15.9 Å². The molecule has 0 bridgehead atoms. The molecule has 0 aliphatic carbocycles. The average Bonchev–Trinajstić information content (AvgIpc) is 2.54. The van der Waals surface area contributed by atoms with Crippen molar-refractivity contribution in [2.75, 3.05) is 32.1 Å². The number of hydrogen-bond donors (Lipinski definition) is 1. The van der Waals surface area contributed by atoms with E-state index in [-0.39, 0.29) is 6.04 Å². The Kier molecular flexibility index (Phi) is 5.64. The van der Waals surface area contributed by atoms with Gasteiger partial charge in [0.1, 0.15) is 0 Å². The Labute approximate surface area is 138 Å². The van der Waals surface area contributed by atoms with Crippen LogP contribution in [-0.4, -0.2) is 57.7 Å². The highest BCUT2D eigenvalue weighted by Gasteiger charge is 2.32. The number of carbonyl (C=O) groups is 1. The molecule has 2 rings (SSSR count). The number of sulfonamides is 1. The van der Waals surface area contributed by atoms with E-state index in [4.69, 9.17) is 0 Å². The van der Waals surface area contributed by atoms with Crippen LogP contribution >= 0.6 is 0 Å². The summed E-state index contributed by atoms with van der Waals surface area (Å²) in [7, 11) is -0.554. The zero-order chi connectivity index (χ0) is 17.0. The lowest BCUT2D eigenvalue weighted by molar-refractivity contribution is -0.127. The molecule has 0 aromatic heterocycles. The first-order valence-electron chi connectivity index (χ1n) is 7.83. The van der Waals surface area contributed by atoms with Crippen molar-refractivity contribution in [1.82, 2.24) is 9.62 Å². The van der Waals surface area contributed by atoms with Crippen LogP contribution < -0.4 is 9.62 Å². The number of para-hydroxylation sites is 1. The van der Waals surface area contributed by atoms with Gasteiger partial charge >= 0.3 is 0 Å². The molecule has 2 atom stereocenters. The highest BCUT2D eigenvalue weighted by atomic mass is 32.2. The Morgan fingerprint density at radius 1 is 1.30 bits per heavy atom. The molecule has 1 aliphatic heterocycles. The van der Waals surface area contributed by atoms with Gasteiger partial charge in [-0.1, -0.05) is 18.2 Å². The van der Waals surface area contributed by atoms with E-state index in [2.05, 4.69) is 9.62 Å². The zero-order valence-electron chi connectivity index (χ0n) is 13.9.